The molecular weight excluding hydrogens is 470 g/mol. The first-order valence-corrected chi connectivity index (χ1v) is 11.6. The summed E-state index contributed by atoms with van der Waals surface area (Å²) in [6.45, 7) is 1.48. The van der Waals surface area contributed by atoms with E-state index in [1.54, 1.807) is 6.07 Å². The molecule has 4 aromatic rings. The average molecular weight is 492 g/mol. The number of fused-ring (bicyclic) bond motifs is 2. The van der Waals surface area contributed by atoms with Gasteiger partial charge in [0, 0.05) is 22.5 Å². The molecule has 0 spiro atoms. The molecule has 0 atom stereocenters. The summed E-state index contributed by atoms with van der Waals surface area (Å²) in [5.41, 5.74) is 2.71. The smallest absolute Gasteiger partial charge is 0.319 e. The summed E-state index contributed by atoms with van der Waals surface area (Å²) in [5, 5.41) is 4.78. The monoisotopic (exact) mass is 491 g/mol. The molecule has 2 aliphatic rings. The quantitative estimate of drug-likeness (QED) is 0.398. The van der Waals surface area contributed by atoms with E-state index in [0.29, 0.717) is 36.1 Å². The second-order valence-electron chi connectivity index (χ2n) is 8.21. The van der Waals surface area contributed by atoms with E-state index in [0.717, 1.165) is 28.0 Å². The van der Waals surface area contributed by atoms with E-state index < -0.39 is 6.29 Å². The summed E-state index contributed by atoms with van der Waals surface area (Å²) >= 11 is 6.25. The third-order valence-electron chi connectivity index (χ3n) is 5.74. The van der Waals surface area contributed by atoms with Gasteiger partial charge in [0.05, 0.1) is 18.7 Å². The van der Waals surface area contributed by atoms with Crippen molar-refractivity contribution in [2.75, 3.05) is 25.3 Å². The van der Waals surface area contributed by atoms with Gasteiger partial charge in [-0.3, -0.25) is 0 Å². The Morgan fingerprint density at radius 2 is 1.74 bits per heavy atom. The SMILES string of the molecule is Clc1ccc2nc(OC3COC(c4ccccc4)OC3)nc(NCc3ccc4c(c3)OCO4)c2c1. The number of ether oxygens (including phenoxy) is 5. The average Bonchev–Trinajstić information content (AvgIpc) is 3.37. The third-order valence-corrected chi connectivity index (χ3v) is 5.98. The van der Waals surface area contributed by atoms with Crippen LogP contribution in [0.25, 0.3) is 10.9 Å². The molecule has 0 radical (unpaired) electrons. The van der Waals surface area contributed by atoms with Crippen LogP contribution in [-0.4, -0.2) is 36.1 Å². The van der Waals surface area contributed by atoms with Crippen LogP contribution in [-0.2, 0) is 16.0 Å². The Kier molecular flexibility index (Phi) is 5.99. The Morgan fingerprint density at radius 3 is 2.60 bits per heavy atom. The van der Waals surface area contributed by atoms with Gasteiger partial charge in [0.15, 0.2) is 17.8 Å². The lowest BCUT2D eigenvalue weighted by Gasteiger charge is -2.29. The summed E-state index contributed by atoms with van der Waals surface area (Å²) in [4.78, 5) is 9.20. The second kappa shape index (κ2) is 9.58. The van der Waals surface area contributed by atoms with Crippen molar-refractivity contribution >= 4 is 28.3 Å². The molecule has 2 aliphatic heterocycles. The van der Waals surface area contributed by atoms with Crippen molar-refractivity contribution in [3.63, 3.8) is 0 Å². The Bertz CT molecular complexity index is 1350. The van der Waals surface area contributed by atoms with Crippen molar-refractivity contribution in [2.45, 2.75) is 18.9 Å². The van der Waals surface area contributed by atoms with Gasteiger partial charge in [-0.15, -0.1) is 0 Å². The zero-order valence-corrected chi connectivity index (χ0v) is 19.4. The molecule has 1 aromatic heterocycles. The molecule has 9 heteroatoms. The molecular formula is C26H22ClN3O5. The van der Waals surface area contributed by atoms with Crippen LogP contribution in [0.1, 0.15) is 17.4 Å². The van der Waals surface area contributed by atoms with Gasteiger partial charge in [-0.25, -0.2) is 0 Å². The lowest BCUT2D eigenvalue weighted by Crippen LogP contribution is -2.36. The Balaban J connectivity index is 1.19. The van der Waals surface area contributed by atoms with Crippen molar-refractivity contribution in [1.82, 2.24) is 9.97 Å². The van der Waals surface area contributed by atoms with E-state index in [4.69, 9.17) is 35.3 Å². The number of anilines is 1. The fourth-order valence-electron chi connectivity index (χ4n) is 4.01. The summed E-state index contributed by atoms with van der Waals surface area (Å²) in [5.74, 6) is 2.09. The Labute approximate surface area is 206 Å². The van der Waals surface area contributed by atoms with Crippen LogP contribution in [0.15, 0.2) is 66.7 Å². The predicted molar refractivity (Wildman–Crippen MR) is 130 cm³/mol. The molecule has 1 fully saturated rings. The lowest BCUT2D eigenvalue weighted by atomic mass is 10.2. The normalized spacial score (nSPS) is 19.0. The number of benzene rings is 3. The minimum Gasteiger partial charge on any atom is -0.455 e. The Hall–Kier alpha value is -3.59. The molecule has 8 nitrogen and oxygen atoms in total. The number of aromatic nitrogens is 2. The fraction of sp³-hybridized carbons (Fsp3) is 0.231. The molecule has 0 aliphatic carbocycles. The standard InChI is InChI=1S/C26H22ClN3O5/c27-18-7-8-21-20(11-18)24(28-12-16-6-9-22-23(10-16)34-15-33-22)30-26(29-21)35-19-13-31-25(32-14-19)17-4-2-1-3-5-17/h1-11,19,25H,12-15H2,(H,28,29,30). The van der Waals surface area contributed by atoms with E-state index in [1.807, 2.05) is 60.7 Å². The molecule has 0 amide bonds. The van der Waals surface area contributed by atoms with Gasteiger partial charge in [-0.1, -0.05) is 48.0 Å². The molecule has 0 bridgehead atoms. The van der Waals surface area contributed by atoms with E-state index in [1.165, 1.54) is 0 Å². The highest BCUT2D eigenvalue weighted by Gasteiger charge is 2.26. The predicted octanol–water partition coefficient (Wildman–Crippen LogP) is 5.12. The molecule has 3 aromatic carbocycles. The third kappa shape index (κ3) is 4.81. The van der Waals surface area contributed by atoms with Gasteiger partial charge in [0.2, 0.25) is 6.79 Å². The summed E-state index contributed by atoms with van der Waals surface area (Å²) in [6.07, 6.45) is -0.740. The van der Waals surface area contributed by atoms with Gasteiger partial charge in [-0.2, -0.15) is 9.97 Å². The molecule has 178 valence electrons. The first kappa shape index (κ1) is 21.9. The van der Waals surface area contributed by atoms with E-state index in [9.17, 15) is 0 Å². The highest BCUT2D eigenvalue weighted by molar-refractivity contribution is 6.31. The van der Waals surface area contributed by atoms with Crippen molar-refractivity contribution in [2.24, 2.45) is 0 Å². The summed E-state index contributed by atoms with van der Waals surface area (Å²) < 4.78 is 28.7. The first-order valence-electron chi connectivity index (χ1n) is 11.3. The van der Waals surface area contributed by atoms with Crippen LogP contribution in [0, 0.1) is 0 Å². The first-order chi connectivity index (χ1) is 17.2. The van der Waals surface area contributed by atoms with Crippen LogP contribution in [0.5, 0.6) is 17.5 Å². The van der Waals surface area contributed by atoms with Crippen molar-refractivity contribution in [1.29, 1.82) is 0 Å². The number of rotatable bonds is 6. The van der Waals surface area contributed by atoms with Crippen LogP contribution in [0.2, 0.25) is 5.02 Å². The molecule has 1 N–H and O–H groups in total. The summed E-state index contributed by atoms with van der Waals surface area (Å²) in [7, 11) is 0. The molecule has 0 unspecified atom stereocenters. The molecule has 35 heavy (non-hydrogen) atoms. The zero-order chi connectivity index (χ0) is 23.6. The number of nitrogens with zero attached hydrogens (tertiary/aromatic N) is 2. The second-order valence-corrected chi connectivity index (χ2v) is 8.64. The maximum absolute atomic E-state index is 6.25. The van der Waals surface area contributed by atoms with Crippen LogP contribution in [0.3, 0.4) is 0 Å². The lowest BCUT2D eigenvalue weighted by molar-refractivity contribution is -0.216. The molecule has 6 rings (SSSR count). The number of halogens is 1. The highest BCUT2D eigenvalue weighted by atomic mass is 35.5. The minimum absolute atomic E-state index is 0.239. The van der Waals surface area contributed by atoms with Crippen molar-refractivity contribution < 1.29 is 23.7 Å². The van der Waals surface area contributed by atoms with Crippen LogP contribution in [0.4, 0.5) is 5.82 Å². The van der Waals surface area contributed by atoms with Gasteiger partial charge in [0.25, 0.3) is 0 Å². The summed E-state index contributed by atoms with van der Waals surface area (Å²) in [6, 6.07) is 21.4. The zero-order valence-electron chi connectivity index (χ0n) is 18.6. The van der Waals surface area contributed by atoms with Crippen molar-refractivity contribution in [3.05, 3.63) is 82.9 Å². The van der Waals surface area contributed by atoms with E-state index >= 15 is 0 Å². The Morgan fingerprint density at radius 1 is 0.914 bits per heavy atom. The van der Waals surface area contributed by atoms with Gasteiger partial charge >= 0.3 is 6.01 Å². The van der Waals surface area contributed by atoms with Crippen LogP contribution < -0.4 is 19.5 Å². The maximum atomic E-state index is 6.25. The topological polar surface area (TPSA) is 84.0 Å². The van der Waals surface area contributed by atoms with Gasteiger partial charge in [-0.05, 0) is 35.9 Å². The van der Waals surface area contributed by atoms with Crippen molar-refractivity contribution in [3.8, 4) is 17.5 Å². The fourth-order valence-corrected chi connectivity index (χ4v) is 4.18. The van der Waals surface area contributed by atoms with Gasteiger partial charge in [0.1, 0.15) is 11.9 Å². The number of nitrogens with one attached hydrogen (secondary N) is 1. The highest BCUT2D eigenvalue weighted by Crippen LogP contribution is 2.33. The largest absolute Gasteiger partial charge is 0.455 e. The minimum atomic E-state index is -0.408. The van der Waals surface area contributed by atoms with E-state index in [-0.39, 0.29) is 18.9 Å². The molecule has 1 saturated heterocycles. The number of hydrogen-bond acceptors (Lipinski definition) is 8. The molecule has 3 heterocycles. The number of hydrogen-bond donors (Lipinski definition) is 1. The van der Waals surface area contributed by atoms with Crippen LogP contribution >= 0.6 is 11.6 Å². The maximum Gasteiger partial charge on any atom is 0.319 e. The molecule has 0 saturated carbocycles. The van der Waals surface area contributed by atoms with E-state index in [2.05, 4.69) is 15.3 Å². The van der Waals surface area contributed by atoms with Gasteiger partial charge < -0.3 is 29.0 Å².